The van der Waals surface area contributed by atoms with E-state index < -0.39 is 0 Å². The molecule has 2 N–H and O–H groups in total. The molecule has 0 aliphatic carbocycles. The van der Waals surface area contributed by atoms with Crippen molar-refractivity contribution >= 4 is 29.8 Å². The summed E-state index contributed by atoms with van der Waals surface area (Å²) in [6.07, 6.45) is 2.34. The van der Waals surface area contributed by atoms with Crippen LogP contribution in [-0.2, 0) is 22.7 Å². The Balaban J connectivity index is 1.14. The Morgan fingerprint density at radius 1 is 0.744 bits per heavy atom. The van der Waals surface area contributed by atoms with Crippen molar-refractivity contribution in [2.75, 3.05) is 13.2 Å². The first kappa shape index (κ1) is 27.7. The zero-order valence-electron chi connectivity index (χ0n) is 21.6. The van der Waals surface area contributed by atoms with Crippen LogP contribution in [0.25, 0.3) is 0 Å². The molecule has 4 rings (SSSR count). The van der Waals surface area contributed by atoms with Crippen LogP contribution in [0.1, 0.15) is 32.6 Å². The lowest BCUT2D eigenvalue weighted by Gasteiger charge is -2.08. The molecular formula is C32H31N3O3S. The SMILES string of the molecule is O=C(COc1ccc(C=NNC(=O)c2ccc(CSCc3ccccc3)cc2)cc1)NCCc1ccccc1. The minimum Gasteiger partial charge on any atom is -0.484 e. The van der Waals surface area contributed by atoms with E-state index in [1.165, 1.54) is 16.7 Å². The number of thioether (sulfide) groups is 1. The molecule has 0 aromatic heterocycles. The van der Waals surface area contributed by atoms with Gasteiger partial charge in [0.1, 0.15) is 5.75 Å². The molecule has 6 nitrogen and oxygen atoms in total. The average Bonchev–Trinajstić information content (AvgIpc) is 2.98. The van der Waals surface area contributed by atoms with Gasteiger partial charge in [-0.25, -0.2) is 5.43 Å². The van der Waals surface area contributed by atoms with E-state index in [0.29, 0.717) is 17.9 Å². The molecule has 0 saturated carbocycles. The van der Waals surface area contributed by atoms with Gasteiger partial charge in [-0.3, -0.25) is 9.59 Å². The van der Waals surface area contributed by atoms with Gasteiger partial charge in [0.2, 0.25) is 0 Å². The normalized spacial score (nSPS) is 10.8. The molecule has 2 amide bonds. The van der Waals surface area contributed by atoms with Crippen LogP contribution in [0.4, 0.5) is 0 Å². The van der Waals surface area contributed by atoms with E-state index in [4.69, 9.17) is 4.74 Å². The summed E-state index contributed by atoms with van der Waals surface area (Å²) in [5.41, 5.74) is 7.55. The van der Waals surface area contributed by atoms with E-state index in [9.17, 15) is 9.59 Å². The molecule has 0 bridgehead atoms. The summed E-state index contributed by atoms with van der Waals surface area (Å²) in [6, 6.07) is 35.1. The topological polar surface area (TPSA) is 79.8 Å². The van der Waals surface area contributed by atoms with Gasteiger partial charge in [-0.1, -0.05) is 72.8 Å². The monoisotopic (exact) mass is 537 g/mol. The third kappa shape index (κ3) is 9.79. The number of nitrogens with zero attached hydrogens (tertiary/aromatic N) is 1. The van der Waals surface area contributed by atoms with E-state index in [2.05, 4.69) is 28.0 Å². The molecule has 0 spiro atoms. The second-order valence-electron chi connectivity index (χ2n) is 8.82. The molecule has 39 heavy (non-hydrogen) atoms. The Bertz CT molecular complexity index is 1340. The molecule has 0 unspecified atom stereocenters. The molecule has 0 aliphatic heterocycles. The summed E-state index contributed by atoms with van der Waals surface area (Å²) in [5.74, 6) is 1.98. The van der Waals surface area contributed by atoms with Gasteiger partial charge in [0.15, 0.2) is 6.61 Å². The van der Waals surface area contributed by atoms with Gasteiger partial charge in [-0.2, -0.15) is 16.9 Å². The summed E-state index contributed by atoms with van der Waals surface area (Å²) < 4.78 is 5.55. The van der Waals surface area contributed by atoms with Gasteiger partial charge in [-0.15, -0.1) is 0 Å². The third-order valence-electron chi connectivity index (χ3n) is 5.80. The Labute approximate surface area is 233 Å². The lowest BCUT2D eigenvalue weighted by molar-refractivity contribution is -0.123. The van der Waals surface area contributed by atoms with Crippen molar-refractivity contribution in [1.82, 2.24) is 10.7 Å². The number of carbonyl (C=O) groups excluding carboxylic acids is 2. The number of rotatable bonds is 13. The molecule has 198 valence electrons. The number of hydrogen-bond acceptors (Lipinski definition) is 5. The van der Waals surface area contributed by atoms with Crippen molar-refractivity contribution in [3.63, 3.8) is 0 Å². The Morgan fingerprint density at radius 3 is 2.03 bits per heavy atom. The van der Waals surface area contributed by atoms with Gasteiger partial charge >= 0.3 is 0 Å². The van der Waals surface area contributed by atoms with Crippen LogP contribution < -0.4 is 15.5 Å². The predicted octanol–water partition coefficient (Wildman–Crippen LogP) is 5.62. The van der Waals surface area contributed by atoms with E-state index in [1.807, 2.05) is 84.6 Å². The molecule has 0 fully saturated rings. The van der Waals surface area contributed by atoms with Crippen molar-refractivity contribution in [1.29, 1.82) is 0 Å². The van der Waals surface area contributed by atoms with Crippen LogP contribution in [0.2, 0.25) is 0 Å². The summed E-state index contributed by atoms with van der Waals surface area (Å²) in [5, 5.41) is 6.91. The highest BCUT2D eigenvalue weighted by Gasteiger charge is 2.05. The number of carbonyl (C=O) groups is 2. The highest BCUT2D eigenvalue weighted by atomic mass is 32.2. The van der Waals surface area contributed by atoms with Crippen molar-refractivity contribution < 1.29 is 14.3 Å². The van der Waals surface area contributed by atoms with E-state index in [1.54, 1.807) is 30.5 Å². The number of ether oxygens (including phenoxy) is 1. The molecular weight excluding hydrogens is 506 g/mol. The zero-order chi connectivity index (χ0) is 27.1. The fourth-order valence-corrected chi connectivity index (χ4v) is 4.64. The molecule has 4 aromatic carbocycles. The highest BCUT2D eigenvalue weighted by molar-refractivity contribution is 7.97. The summed E-state index contributed by atoms with van der Waals surface area (Å²) in [6.45, 7) is 0.508. The number of amides is 2. The number of hydrogen-bond donors (Lipinski definition) is 2. The zero-order valence-corrected chi connectivity index (χ0v) is 22.4. The fraction of sp³-hybridized carbons (Fsp3) is 0.156. The minimum absolute atomic E-state index is 0.0528. The minimum atomic E-state index is -0.270. The van der Waals surface area contributed by atoms with Crippen LogP contribution >= 0.6 is 11.8 Å². The van der Waals surface area contributed by atoms with Crippen molar-refractivity contribution in [2.24, 2.45) is 5.10 Å². The van der Waals surface area contributed by atoms with Crippen molar-refractivity contribution in [2.45, 2.75) is 17.9 Å². The van der Waals surface area contributed by atoms with Crippen LogP contribution in [-0.4, -0.2) is 31.2 Å². The van der Waals surface area contributed by atoms with Crippen LogP contribution in [0.5, 0.6) is 5.75 Å². The van der Waals surface area contributed by atoms with Gasteiger partial charge < -0.3 is 10.1 Å². The van der Waals surface area contributed by atoms with Crippen LogP contribution in [0.15, 0.2) is 114 Å². The number of hydrazone groups is 1. The Hall–Kier alpha value is -4.36. The first-order valence-electron chi connectivity index (χ1n) is 12.7. The summed E-state index contributed by atoms with van der Waals surface area (Å²) in [4.78, 5) is 24.4. The quantitative estimate of drug-likeness (QED) is 0.171. The third-order valence-corrected chi connectivity index (χ3v) is 6.88. The predicted molar refractivity (Wildman–Crippen MR) is 158 cm³/mol. The highest BCUT2D eigenvalue weighted by Crippen LogP contribution is 2.18. The first-order chi connectivity index (χ1) is 19.2. The number of benzene rings is 4. The Kier molecular flexibility index (Phi) is 10.7. The van der Waals surface area contributed by atoms with Gasteiger partial charge in [-0.05, 0) is 65.1 Å². The molecule has 0 aliphatic rings. The standard InChI is InChI=1S/C32H31N3O3S/c36-31(33-20-19-25-7-3-1-4-8-25)22-38-30-17-13-26(14-18-30)21-34-35-32(37)29-15-11-28(12-16-29)24-39-23-27-9-5-2-6-10-27/h1-18,21H,19-20,22-24H2,(H,33,36)(H,35,37). The lowest BCUT2D eigenvalue weighted by atomic mass is 10.1. The fourth-order valence-electron chi connectivity index (χ4n) is 3.68. The number of nitrogens with one attached hydrogen (secondary N) is 2. The van der Waals surface area contributed by atoms with Crippen molar-refractivity contribution in [3.8, 4) is 5.75 Å². The average molecular weight is 538 g/mol. The van der Waals surface area contributed by atoms with E-state index in [0.717, 1.165) is 23.5 Å². The smallest absolute Gasteiger partial charge is 0.271 e. The molecule has 4 aromatic rings. The van der Waals surface area contributed by atoms with E-state index >= 15 is 0 Å². The van der Waals surface area contributed by atoms with Crippen LogP contribution in [0.3, 0.4) is 0 Å². The molecule has 0 atom stereocenters. The van der Waals surface area contributed by atoms with Crippen LogP contribution in [0, 0.1) is 0 Å². The lowest BCUT2D eigenvalue weighted by Crippen LogP contribution is -2.30. The molecule has 0 saturated heterocycles. The Morgan fingerprint density at radius 2 is 1.36 bits per heavy atom. The van der Waals surface area contributed by atoms with Gasteiger partial charge in [0.05, 0.1) is 6.21 Å². The molecule has 7 heteroatoms. The maximum atomic E-state index is 12.4. The summed E-state index contributed by atoms with van der Waals surface area (Å²) >= 11 is 1.84. The van der Waals surface area contributed by atoms with Gasteiger partial charge in [0.25, 0.3) is 11.8 Å². The summed E-state index contributed by atoms with van der Waals surface area (Å²) in [7, 11) is 0. The first-order valence-corrected chi connectivity index (χ1v) is 13.9. The maximum absolute atomic E-state index is 12.4. The second-order valence-corrected chi connectivity index (χ2v) is 9.80. The molecule has 0 heterocycles. The van der Waals surface area contributed by atoms with Gasteiger partial charge in [0, 0.05) is 23.6 Å². The maximum Gasteiger partial charge on any atom is 0.271 e. The molecule has 0 radical (unpaired) electrons. The van der Waals surface area contributed by atoms with Crippen molar-refractivity contribution in [3.05, 3.63) is 137 Å². The van der Waals surface area contributed by atoms with E-state index in [-0.39, 0.29) is 18.4 Å². The largest absolute Gasteiger partial charge is 0.484 e. The second kappa shape index (κ2) is 15.1.